The second-order valence-corrected chi connectivity index (χ2v) is 7.31. The van der Waals surface area contributed by atoms with E-state index in [9.17, 15) is 31.9 Å². The number of ketones is 1. The van der Waals surface area contributed by atoms with Crippen LogP contribution in [0, 0.1) is 12.7 Å². The Bertz CT molecular complexity index is 1080. The second kappa shape index (κ2) is 8.05. The van der Waals surface area contributed by atoms with Crippen molar-refractivity contribution in [2.75, 3.05) is 11.1 Å². The standard InChI is InChI=1S/C20H20F4N4O3/c1-9-15(18(30)27-11-5-6-12(21)13(25)8-11)14-4-3-7-28(14)16(9)17(29)19(31)26-10(2)20(22,23)24/h5-6,8,10H,3-4,7,25H2,1-2H3,(H,26,31)(H,27,30). The Hall–Kier alpha value is -3.37. The summed E-state index contributed by atoms with van der Waals surface area (Å²) in [6.45, 7) is 2.52. The van der Waals surface area contributed by atoms with E-state index in [4.69, 9.17) is 5.73 Å². The SMILES string of the molecule is Cc1c(C(=O)Nc2ccc(F)c(N)c2)c2n(c1C(=O)C(=O)NC(C)C(F)(F)F)CCC2. The highest BCUT2D eigenvalue weighted by molar-refractivity contribution is 6.43. The van der Waals surface area contributed by atoms with E-state index in [2.05, 4.69) is 5.32 Å². The van der Waals surface area contributed by atoms with Crippen LogP contribution in [0.1, 0.15) is 45.4 Å². The van der Waals surface area contributed by atoms with Crippen molar-refractivity contribution in [2.45, 2.75) is 45.5 Å². The van der Waals surface area contributed by atoms with Crippen LogP contribution >= 0.6 is 0 Å². The first kappa shape index (κ1) is 22.3. The molecule has 0 radical (unpaired) electrons. The Morgan fingerprint density at radius 3 is 2.52 bits per heavy atom. The molecule has 31 heavy (non-hydrogen) atoms. The van der Waals surface area contributed by atoms with E-state index in [0.717, 1.165) is 13.0 Å². The quantitative estimate of drug-likeness (QED) is 0.288. The zero-order valence-electron chi connectivity index (χ0n) is 16.7. The van der Waals surface area contributed by atoms with Gasteiger partial charge >= 0.3 is 6.18 Å². The Morgan fingerprint density at radius 2 is 1.90 bits per heavy atom. The highest BCUT2D eigenvalue weighted by atomic mass is 19.4. The van der Waals surface area contributed by atoms with Gasteiger partial charge in [-0.25, -0.2) is 4.39 Å². The highest BCUT2D eigenvalue weighted by Gasteiger charge is 2.39. The van der Waals surface area contributed by atoms with Crippen LogP contribution in [0.3, 0.4) is 0 Å². The first-order chi connectivity index (χ1) is 14.4. The van der Waals surface area contributed by atoms with E-state index in [1.54, 1.807) is 5.32 Å². The molecule has 2 amide bonds. The van der Waals surface area contributed by atoms with E-state index >= 15 is 0 Å². The van der Waals surface area contributed by atoms with Crippen molar-refractivity contribution in [3.05, 3.63) is 46.5 Å². The number of nitrogens with one attached hydrogen (secondary N) is 2. The fraction of sp³-hybridized carbons (Fsp3) is 0.350. The predicted octanol–water partition coefficient (Wildman–Crippen LogP) is 2.97. The molecule has 1 aromatic carbocycles. The number of alkyl halides is 3. The van der Waals surface area contributed by atoms with Crippen molar-refractivity contribution in [2.24, 2.45) is 0 Å². The third-order valence-electron chi connectivity index (χ3n) is 5.15. The number of fused-ring (bicyclic) bond motifs is 1. The van der Waals surface area contributed by atoms with Gasteiger partial charge in [-0.05, 0) is 50.5 Å². The Labute approximate surface area is 174 Å². The normalized spacial score (nSPS) is 14.1. The molecule has 0 saturated carbocycles. The van der Waals surface area contributed by atoms with Gasteiger partial charge in [0.2, 0.25) is 0 Å². The monoisotopic (exact) mass is 440 g/mol. The number of carbonyl (C=O) groups excluding carboxylic acids is 3. The summed E-state index contributed by atoms with van der Waals surface area (Å²) >= 11 is 0. The summed E-state index contributed by atoms with van der Waals surface area (Å²) in [5, 5.41) is 4.22. The van der Waals surface area contributed by atoms with Crippen molar-refractivity contribution in [3.8, 4) is 0 Å². The van der Waals surface area contributed by atoms with Gasteiger partial charge in [-0.1, -0.05) is 0 Å². The first-order valence-corrected chi connectivity index (χ1v) is 9.42. The van der Waals surface area contributed by atoms with Crippen LogP contribution in [0.25, 0.3) is 0 Å². The Morgan fingerprint density at radius 1 is 1.23 bits per heavy atom. The first-order valence-electron chi connectivity index (χ1n) is 9.42. The minimum atomic E-state index is -4.70. The molecule has 0 bridgehead atoms. The average molecular weight is 440 g/mol. The molecule has 2 heterocycles. The zero-order valence-corrected chi connectivity index (χ0v) is 16.7. The summed E-state index contributed by atoms with van der Waals surface area (Å²) in [5.41, 5.74) is 6.28. The van der Waals surface area contributed by atoms with Crippen LogP contribution in [0.4, 0.5) is 28.9 Å². The summed E-state index contributed by atoms with van der Waals surface area (Å²) in [7, 11) is 0. The molecule has 1 aliphatic rings. The molecule has 0 aliphatic carbocycles. The number of hydrogen-bond donors (Lipinski definition) is 3. The van der Waals surface area contributed by atoms with E-state index in [-0.39, 0.29) is 28.2 Å². The molecule has 1 unspecified atom stereocenters. The molecule has 3 rings (SSSR count). The minimum absolute atomic E-state index is 0.122. The number of halogens is 4. The molecule has 4 N–H and O–H groups in total. The third kappa shape index (κ3) is 4.25. The van der Waals surface area contributed by atoms with Crippen LogP contribution in [-0.4, -0.2) is 34.4 Å². The number of rotatable bonds is 5. The lowest BCUT2D eigenvalue weighted by Gasteiger charge is -2.17. The molecule has 7 nitrogen and oxygen atoms in total. The number of anilines is 2. The van der Waals surface area contributed by atoms with Crippen molar-refractivity contribution >= 4 is 29.0 Å². The van der Waals surface area contributed by atoms with Crippen LogP contribution < -0.4 is 16.4 Å². The third-order valence-corrected chi connectivity index (χ3v) is 5.15. The number of amides is 2. The lowest BCUT2D eigenvalue weighted by atomic mass is 10.0. The summed E-state index contributed by atoms with van der Waals surface area (Å²) in [5.74, 6) is -3.80. The van der Waals surface area contributed by atoms with Crippen molar-refractivity contribution in [1.82, 2.24) is 9.88 Å². The van der Waals surface area contributed by atoms with Crippen molar-refractivity contribution < 1.29 is 31.9 Å². The summed E-state index contributed by atoms with van der Waals surface area (Å²) in [6, 6.07) is 1.43. The summed E-state index contributed by atoms with van der Waals surface area (Å²) in [6.07, 6.45) is -3.66. The van der Waals surface area contributed by atoms with Crippen molar-refractivity contribution in [1.29, 1.82) is 0 Å². The van der Waals surface area contributed by atoms with Crippen LogP contribution in [0.5, 0.6) is 0 Å². The maximum Gasteiger partial charge on any atom is 0.408 e. The maximum absolute atomic E-state index is 13.3. The minimum Gasteiger partial charge on any atom is -0.396 e. The number of nitrogens with zero attached hydrogens (tertiary/aromatic N) is 1. The number of carbonyl (C=O) groups is 3. The lowest BCUT2D eigenvalue weighted by molar-refractivity contribution is -0.156. The fourth-order valence-electron chi connectivity index (χ4n) is 3.58. The van der Waals surface area contributed by atoms with Gasteiger partial charge in [0, 0.05) is 17.9 Å². The molecular weight excluding hydrogens is 420 g/mol. The summed E-state index contributed by atoms with van der Waals surface area (Å²) in [4.78, 5) is 37.7. The van der Waals surface area contributed by atoms with Crippen LogP contribution in [-0.2, 0) is 17.8 Å². The number of hydrogen-bond acceptors (Lipinski definition) is 4. The van der Waals surface area contributed by atoms with Crippen LogP contribution in [0.15, 0.2) is 18.2 Å². The van der Waals surface area contributed by atoms with Crippen LogP contribution in [0.2, 0.25) is 0 Å². The van der Waals surface area contributed by atoms with Gasteiger partial charge in [-0.2, -0.15) is 13.2 Å². The van der Waals surface area contributed by atoms with Gasteiger partial charge < -0.3 is 20.9 Å². The second-order valence-electron chi connectivity index (χ2n) is 7.31. The molecule has 0 saturated heterocycles. The zero-order chi connectivity index (χ0) is 23.1. The Kier molecular flexibility index (Phi) is 5.79. The van der Waals surface area contributed by atoms with E-state index < -0.39 is 35.6 Å². The number of nitrogens with two attached hydrogens (primary N) is 1. The van der Waals surface area contributed by atoms with Gasteiger partial charge in [0.15, 0.2) is 0 Å². The highest BCUT2D eigenvalue weighted by Crippen LogP contribution is 2.30. The number of aromatic nitrogens is 1. The molecule has 2 aromatic rings. The topological polar surface area (TPSA) is 106 Å². The maximum atomic E-state index is 13.3. The molecule has 0 fully saturated rings. The van der Waals surface area contributed by atoms with Gasteiger partial charge in [-0.3, -0.25) is 14.4 Å². The predicted molar refractivity (Wildman–Crippen MR) is 104 cm³/mol. The van der Waals surface area contributed by atoms with E-state index in [1.807, 2.05) is 0 Å². The Balaban J connectivity index is 1.91. The smallest absolute Gasteiger partial charge is 0.396 e. The lowest BCUT2D eigenvalue weighted by Crippen LogP contribution is -2.46. The molecule has 1 aliphatic heterocycles. The number of nitrogen functional groups attached to an aromatic ring is 1. The number of Topliss-reactive ketones (excluding diaryl/α,β-unsaturated/α-hetero) is 1. The fourth-order valence-corrected chi connectivity index (χ4v) is 3.58. The molecule has 11 heteroatoms. The van der Waals surface area contributed by atoms with Crippen molar-refractivity contribution in [3.63, 3.8) is 0 Å². The molecule has 0 spiro atoms. The van der Waals surface area contributed by atoms with Gasteiger partial charge in [0.25, 0.3) is 17.6 Å². The summed E-state index contributed by atoms with van der Waals surface area (Å²) < 4.78 is 53.0. The largest absolute Gasteiger partial charge is 0.408 e. The molecular formula is C20H20F4N4O3. The molecule has 1 aromatic heterocycles. The number of benzene rings is 1. The average Bonchev–Trinajstić information content (AvgIpc) is 3.22. The molecule has 1 atom stereocenters. The van der Waals surface area contributed by atoms with Gasteiger partial charge in [0.1, 0.15) is 11.9 Å². The molecule has 166 valence electrons. The van der Waals surface area contributed by atoms with Gasteiger partial charge in [0.05, 0.1) is 16.9 Å². The van der Waals surface area contributed by atoms with E-state index in [1.165, 1.54) is 23.6 Å². The van der Waals surface area contributed by atoms with Gasteiger partial charge in [-0.15, -0.1) is 0 Å². The van der Waals surface area contributed by atoms with E-state index in [0.29, 0.717) is 25.1 Å².